The van der Waals surface area contributed by atoms with Gasteiger partial charge in [0.05, 0.1) is 13.2 Å². The van der Waals surface area contributed by atoms with Gasteiger partial charge in [-0.3, -0.25) is 0 Å². The zero-order valence-electron chi connectivity index (χ0n) is 15.2. The summed E-state index contributed by atoms with van der Waals surface area (Å²) in [6.45, 7) is 4.68. The third-order valence-electron chi connectivity index (χ3n) is 4.78. The molecule has 0 aliphatic rings. The molecule has 0 saturated carbocycles. The van der Waals surface area contributed by atoms with Gasteiger partial charge in [-0.2, -0.15) is 0 Å². The van der Waals surface area contributed by atoms with Gasteiger partial charge in [-0.15, -0.1) is 11.8 Å². The predicted molar refractivity (Wildman–Crippen MR) is 108 cm³/mol. The fourth-order valence-corrected chi connectivity index (χ4v) is 4.52. The zero-order valence-corrected chi connectivity index (χ0v) is 16.0. The SMILES string of the molecule is CC(Cc1ccccc1)C(CO)SC(CO)C(C)Cc1ccccc1. The Bertz CT molecular complexity index is 534. The number of hydrogen-bond acceptors (Lipinski definition) is 3. The van der Waals surface area contributed by atoms with Gasteiger partial charge in [0.1, 0.15) is 0 Å². The van der Waals surface area contributed by atoms with E-state index in [9.17, 15) is 10.2 Å². The molecule has 2 aromatic carbocycles. The molecule has 3 heteroatoms. The first-order chi connectivity index (χ1) is 12.1. The molecule has 0 heterocycles. The maximum absolute atomic E-state index is 9.89. The highest BCUT2D eigenvalue weighted by atomic mass is 32.2. The van der Waals surface area contributed by atoms with Crippen molar-refractivity contribution >= 4 is 11.8 Å². The molecular weight excluding hydrogens is 328 g/mol. The Kier molecular flexibility index (Phi) is 8.53. The van der Waals surface area contributed by atoms with E-state index in [1.807, 2.05) is 12.1 Å². The maximum Gasteiger partial charge on any atom is 0.0552 e. The molecule has 2 aromatic rings. The van der Waals surface area contributed by atoms with E-state index >= 15 is 0 Å². The van der Waals surface area contributed by atoms with Crippen LogP contribution in [0.2, 0.25) is 0 Å². The van der Waals surface area contributed by atoms with E-state index in [0.717, 1.165) is 12.8 Å². The van der Waals surface area contributed by atoms with Crippen molar-refractivity contribution in [3.63, 3.8) is 0 Å². The number of aliphatic hydroxyl groups excluding tert-OH is 2. The average Bonchev–Trinajstić information content (AvgIpc) is 2.64. The topological polar surface area (TPSA) is 40.5 Å². The first-order valence-corrected chi connectivity index (χ1v) is 10.0. The molecule has 4 unspecified atom stereocenters. The van der Waals surface area contributed by atoms with Gasteiger partial charge in [-0.25, -0.2) is 0 Å². The minimum atomic E-state index is 0.135. The van der Waals surface area contributed by atoms with E-state index in [-0.39, 0.29) is 23.7 Å². The van der Waals surface area contributed by atoms with Gasteiger partial charge in [0.25, 0.3) is 0 Å². The molecule has 0 bridgehead atoms. The van der Waals surface area contributed by atoms with E-state index in [1.54, 1.807) is 11.8 Å². The summed E-state index contributed by atoms with van der Waals surface area (Å²) in [4.78, 5) is 0. The normalized spacial score (nSPS) is 16.2. The number of hydrogen-bond donors (Lipinski definition) is 2. The molecule has 0 radical (unpaired) electrons. The highest BCUT2D eigenvalue weighted by Gasteiger charge is 2.25. The molecule has 0 aliphatic heterocycles. The van der Waals surface area contributed by atoms with Crippen LogP contribution in [0.15, 0.2) is 60.7 Å². The average molecular weight is 359 g/mol. The van der Waals surface area contributed by atoms with Crippen molar-refractivity contribution < 1.29 is 10.2 Å². The summed E-state index contributed by atoms with van der Waals surface area (Å²) in [5.41, 5.74) is 2.60. The summed E-state index contributed by atoms with van der Waals surface area (Å²) in [6.07, 6.45) is 1.90. The van der Waals surface area contributed by atoms with E-state index in [2.05, 4.69) is 62.4 Å². The Hall–Kier alpha value is -1.29. The highest BCUT2D eigenvalue weighted by molar-refractivity contribution is 8.00. The van der Waals surface area contributed by atoms with Gasteiger partial charge in [0.2, 0.25) is 0 Å². The van der Waals surface area contributed by atoms with E-state index in [0.29, 0.717) is 11.8 Å². The Morgan fingerprint density at radius 2 is 1.04 bits per heavy atom. The van der Waals surface area contributed by atoms with Crippen molar-refractivity contribution in [1.29, 1.82) is 0 Å². The molecule has 0 saturated heterocycles. The Morgan fingerprint density at radius 3 is 1.36 bits per heavy atom. The standard InChI is InChI=1S/C22H30O2S/c1-17(13-19-9-5-3-6-10-19)21(15-23)25-22(16-24)18(2)14-20-11-7-4-8-12-20/h3-12,17-18,21-24H,13-16H2,1-2H3. The molecule has 0 amide bonds. The van der Waals surface area contributed by atoms with Gasteiger partial charge in [0, 0.05) is 10.5 Å². The summed E-state index contributed by atoms with van der Waals surface area (Å²) in [7, 11) is 0. The van der Waals surface area contributed by atoms with E-state index < -0.39 is 0 Å². The zero-order chi connectivity index (χ0) is 18.1. The van der Waals surface area contributed by atoms with Crippen LogP contribution in [0.25, 0.3) is 0 Å². The van der Waals surface area contributed by atoms with Crippen molar-refractivity contribution in [2.45, 2.75) is 37.2 Å². The fraction of sp³-hybridized carbons (Fsp3) is 0.455. The molecule has 0 spiro atoms. The summed E-state index contributed by atoms with van der Waals surface area (Å²) < 4.78 is 0. The lowest BCUT2D eigenvalue weighted by Gasteiger charge is -2.29. The summed E-state index contributed by atoms with van der Waals surface area (Å²) in [6, 6.07) is 20.8. The van der Waals surface area contributed by atoms with Crippen LogP contribution in [-0.4, -0.2) is 33.9 Å². The van der Waals surface area contributed by atoms with Gasteiger partial charge < -0.3 is 10.2 Å². The first-order valence-electron chi connectivity index (χ1n) is 9.09. The maximum atomic E-state index is 9.89. The summed E-state index contributed by atoms with van der Waals surface area (Å²) >= 11 is 1.74. The van der Waals surface area contributed by atoms with Crippen molar-refractivity contribution in [1.82, 2.24) is 0 Å². The second-order valence-electron chi connectivity index (χ2n) is 6.91. The van der Waals surface area contributed by atoms with Crippen LogP contribution in [0.3, 0.4) is 0 Å². The van der Waals surface area contributed by atoms with Crippen LogP contribution in [-0.2, 0) is 12.8 Å². The Balaban J connectivity index is 1.94. The molecule has 136 valence electrons. The molecule has 2 N–H and O–H groups in total. The lowest BCUT2D eigenvalue weighted by atomic mass is 9.97. The van der Waals surface area contributed by atoms with Crippen molar-refractivity contribution in [3.8, 4) is 0 Å². The Labute approximate surface area is 156 Å². The Morgan fingerprint density at radius 1 is 0.680 bits per heavy atom. The molecule has 25 heavy (non-hydrogen) atoms. The van der Waals surface area contributed by atoms with Crippen LogP contribution >= 0.6 is 11.8 Å². The smallest absolute Gasteiger partial charge is 0.0552 e. The lowest BCUT2D eigenvalue weighted by Crippen LogP contribution is -2.29. The quantitative estimate of drug-likeness (QED) is 0.669. The fourth-order valence-electron chi connectivity index (χ4n) is 3.17. The molecule has 2 nitrogen and oxygen atoms in total. The second kappa shape index (κ2) is 10.6. The highest BCUT2D eigenvalue weighted by Crippen LogP contribution is 2.31. The third-order valence-corrected chi connectivity index (χ3v) is 6.71. The number of aliphatic hydroxyl groups is 2. The second-order valence-corrected chi connectivity index (χ2v) is 8.40. The third kappa shape index (κ3) is 6.50. The number of thioether (sulfide) groups is 1. The molecule has 0 aliphatic carbocycles. The van der Waals surface area contributed by atoms with Crippen LogP contribution in [0.5, 0.6) is 0 Å². The van der Waals surface area contributed by atoms with Crippen molar-refractivity contribution in [2.75, 3.05) is 13.2 Å². The van der Waals surface area contributed by atoms with Crippen LogP contribution in [0.4, 0.5) is 0 Å². The molecule has 0 fully saturated rings. The van der Waals surface area contributed by atoms with Crippen LogP contribution in [0.1, 0.15) is 25.0 Å². The number of rotatable bonds is 10. The number of benzene rings is 2. The molecular formula is C22H30O2S. The minimum absolute atomic E-state index is 0.135. The van der Waals surface area contributed by atoms with Crippen molar-refractivity contribution in [2.24, 2.45) is 11.8 Å². The summed E-state index contributed by atoms with van der Waals surface area (Å²) in [5.74, 6) is 0.714. The molecule has 4 atom stereocenters. The van der Waals surface area contributed by atoms with E-state index in [4.69, 9.17) is 0 Å². The van der Waals surface area contributed by atoms with Gasteiger partial charge in [-0.1, -0.05) is 74.5 Å². The van der Waals surface area contributed by atoms with Crippen LogP contribution in [0, 0.1) is 11.8 Å². The molecule has 0 aromatic heterocycles. The van der Waals surface area contributed by atoms with Gasteiger partial charge >= 0.3 is 0 Å². The summed E-state index contributed by atoms with van der Waals surface area (Å²) in [5, 5.41) is 20.0. The van der Waals surface area contributed by atoms with Gasteiger partial charge in [0.15, 0.2) is 0 Å². The lowest BCUT2D eigenvalue weighted by molar-refractivity contribution is 0.258. The van der Waals surface area contributed by atoms with Crippen molar-refractivity contribution in [3.05, 3.63) is 71.8 Å². The first kappa shape index (κ1) is 20.0. The van der Waals surface area contributed by atoms with Gasteiger partial charge in [-0.05, 0) is 35.8 Å². The van der Waals surface area contributed by atoms with Crippen LogP contribution < -0.4 is 0 Å². The largest absolute Gasteiger partial charge is 0.395 e. The minimum Gasteiger partial charge on any atom is -0.395 e. The monoisotopic (exact) mass is 358 g/mol. The predicted octanol–water partition coefficient (Wildman–Crippen LogP) is 4.20. The molecule has 2 rings (SSSR count). The van der Waals surface area contributed by atoms with E-state index in [1.165, 1.54) is 11.1 Å².